The number of oxime groups is 1. The van der Waals surface area contributed by atoms with Crippen LogP contribution >= 0.6 is 0 Å². The summed E-state index contributed by atoms with van der Waals surface area (Å²) in [5.74, 6) is -1.00. The fraction of sp³-hybridized carbons (Fsp3) is 0.818. The topological polar surface area (TPSA) is 72.7 Å². The molecule has 0 amide bonds. The van der Waals surface area contributed by atoms with Gasteiger partial charge in [0.2, 0.25) is 0 Å². The van der Waals surface area contributed by atoms with Gasteiger partial charge in [0.1, 0.15) is 0 Å². The molecule has 0 radical (unpaired) electrons. The Morgan fingerprint density at radius 1 is 1.38 bits per heavy atom. The van der Waals surface area contributed by atoms with Gasteiger partial charge in [-0.2, -0.15) is 0 Å². The molecule has 2 atom stereocenters. The predicted molar refractivity (Wildman–Crippen MR) is 52.4 cm³/mol. The third-order valence-corrected chi connectivity index (χ3v) is 5.25. The first-order chi connectivity index (χ1) is 6.82. The van der Waals surface area contributed by atoms with E-state index in [2.05, 4.69) is 5.16 Å². The van der Waals surface area contributed by atoms with E-state index < -0.39 is 16.8 Å². The van der Waals surface area contributed by atoms with Crippen molar-refractivity contribution >= 4 is 11.7 Å². The second-order valence-electron chi connectivity index (χ2n) is 5.55. The summed E-state index contributed by atoms with van der Waals surface area (Å²) >= 11 is 0. The third kappa shape index (κ3) is 1.21. The molecule has 2 rings (SSSR count). The van der Waals surface area contributed by atoms with Gasteiger partial charge in [0.15, 0.2) is 0 Å². The van der Waals surface area contributed by atoms with Gasteiger partial charge < -0.3 is 15.1 Å². The Morgan fingerprint density at radius 2 is 1.94 bits per heavy atom. The molecule has 0 saturated heterocycles. The van der Waals surface area contributed by atoms with E-state index in [-0.39, 0.29) is 35.0 Å². The summed E-state index contributed by atoms with van der Waals surface area (Å²) in [5.41, 5.74) is -0.936. The zero-order chi connectivity index (χ0) is 11.5. The van der Waals surface area contributed by atoms with E-state index in [1.807, 2.05) is 20.8 Å². The molecular formula is C11H16NNaO3. The Hall–Kier alpha value is -0.0600. The predicted octanol–water partition coefficient (Wildman–Crippen LogP) is -2.21. The summed E-state index contributed by atoms with van der Waals surface area (Å²) in [6, 6.07) is 0. The minimum absolute atomic E-state index is 0. The minimum atomic E-state index is -1.00. The van der Waals surface area contributed by atoms with E-state index in [0.717, 1.165) is 6.42 Å². The summed E-state index contributed by atoms with van der Waals surface area (Å²) in [5, 5.41) is 23.6. The maximum Gasteiger partial charge on any atom is 1.00 e. The molecule has 5 heteroatoms. The Balaban J connectivity index is 0.00000128. The van der Waals surface area contributed by atoms with Crippen LogP contribution < -0.4 is 34.7 Å². The smallest absolute Gasteiger partial charge is 0.550 e. The second kappa shape index (κ2) is 3.72. The Labute approximate surface area is 117 Å². The van der Waals surface area contributed by atoms with E-state index in [0.29, 0.717) is 18.6 Å². The van der Waals surface area contributed by atoms with E-state index in [1.54, 1.807) is 0 Å². The van der Waals surface area contributed by atoms with Crippen LogP contribution in [0.3, 0.4) is 0 Å². The molecule has 2 unspecified atom stereocenters. The van der Waals surface area contributed by atoms with Gasteiger partial charge in [-0.25, -0.2) is 0 Å². The van der Waals surface area contributed by atoms with Gasteiger partial charge in [-0.15, -0.1) is 0 Å². The summed E-state index contributed by atoms with van der Waals surface area (Å²) in [6.45, 7) is 5.86. The van der Waals surface area contributed by atoms with Crippen molar-refractivity contribution in [3.63, 3.8) is 0 Å². The molecule has 16 heavy (non-hydrogen) atoms. The fourth-order valence-corrected chi connectivity index (χ4v) is 3.49. The van der Waals surface area contributed by atoms with Crippen LogP contribution in [0.15, 0.2) is 5.16 Å². The molecule has 2 aliphatic rings. The van der Waals surface area contributed by atoms with Gasteiger partial charge in [-0.1, -0.05) is 25.9 Å². The van der Waals surface area contributed by atoms with E-state index in [1.165, 1.54) is 0 Å². The van der Waals surface area contributed by atoms with Crippen molar-refractivity contribution in [2.75, 3.05) is 0 Å². The van der Waals surface area contributed by atoms with Crippen LogP contribution in [0, 0.1) is 16.2 Å². The maximum atomic E-state index is 11.4. The number of rotatable bonds is 1. The van der Waals surface area contributed by atoms with Gasteiger partial charge in [-0.05, 0) is 18.3 Å². The van der Waals surface area contributed by atoms with Gasteiger partial charge >= 0.3 is 29.6 Å². The van der Waals surface area contributed by atoms with Crippen molar-refractivity contribution in [1.82, 2.24) is 0 Å². The van der Waals surface area contributed by atoms with Crippen molar-refractivity contribution in [2.24, 2.45) is 21.4 Å². The summed E-state index contributed by atoms with van der Waals surface area (Å²) < 4.78 is 0. The molecule has 2 aliphatic carbocycles. The van der Waals surface area contributed by atoms with Crippen molar-refractivity contribution < 1.29 is 44.7 Å². The second-order valence-corrected chi connectivity index (χ2v) is 5.55. The summed E-state index contributed by atoms with van der Waals surface area (Å²) in [6.07, 6.45) is 1.71. The molecule has 2 saturated carbocycles. The molecule has 2 bridgehead atoms. The number of fused-ring (bicyclic) bond motifs is 2. The SMILES string of the molecule is CC12CCC(C(=O)[O-])(C/C1=N\O)C2(C)C.[Na+]. The number of nitrogens with zero attached hydrogens (tertiary/aromatic N) is 1. The summed E-state index contributed by atoms with van der Waals surface area (Å²) in [7, 11) is 0. The van der Waals surface area contributed by atoms with Gasteiger partial charge in [-0.3, -0.25) is 0 Å². The first-order valence-corrected chi connectivity index (χ1v) is 5.25. The van der Waals surface area contributed by atoms with Crippen molar-refractivity contribution in [1.29, 1.82) is 0 Å². The maximum absolute atomic E-state index is 11.4. The van der Waals surface area contributed by atoms with Crippen LogP contribution in [0.2, 0.25) is 0 Å². The Morgan fingerprint density at radius 3 is 2.25 bits per heavy atom. The number of carboxylic acid groups (broad SMARTS) is 1. The van der Waals surface area contributed by atoms with Crippen LogP contribution in [0.5, 0.6) is 0 Å². The van der Waals surface area contributed by atoms with Gasteiger partial charge in [0.25, 0.3) is 0 Å². The van der Waals surface area contributed by atoms with E-state index in [4.69, 9.17) is 5.21 Å². The Bertz CT molecular complexity index is 366. The standard InChI is InChI=1S/C11H17NO3.Na/c1-9(2)10(3)4-5-11(9,8(13)14)6-7(10)12-15;/h15H,4-6H2,1-3H3,(H,13,14);/q;+1/p-1/b12-7+;. The van der Waals surface area contributed by atoms with E-state index >= 15 is 0 Å². The van der Waals surface area contributed by atoms with Crippen LogP contribution in [-0.4, -0.2) is 16.9 Å². The molecule has 0 aromatic heterocycles. The van der Waals surface area contributed by atoms with Gasteiger partial charge in [0, 0.05) is 23.2 Å². The zero-order valence-electron chi connectivity index (χ0n) is 10.3. The molecule has 84 valence electrons. The van der Waals surface area contributed by atoms with Crippen LogP contribution in [0.4, 0.5) is 0 Å². The molecular weight excluding hydrogens is 217 g/mol. The molecule has 0 aromatic carbocycles. The largest absolute Gasteiger partial charge is 1.00 e. The normalized spacial score (nSPS) is 42.1. The molecule has 1 N–H and O–H groups in total. The minimum Gasteiger partial charge on any atom is -0.550 e. The molecule has 0 aliphatic heterocycles. The third-order valence-electron chi connectivity index (χ3n) is 5.25. The van der Waals surface area contributed by atoms with Crippen molar-refractivity contribution in [2.45, 2.75) is 40.0 Å². The number of carbonyl (C=O) groups is 1. The molecule has 4 nitrogen and oxygen atoms in total. The van der Waals surface area contributed by atoms with Crippen LogP contribution in [-0.2, 0) is 4.79 Å². The van der Waals surface area contributed by atoms with E-state index in [9.17, 15) is 9.90 Å². The quantitative estimate of drug-likeness (QED) is 0.317. The summed E-state index contributed by atoms with van der Waals surface area (Å²) in [4.78, 5) is 11.4. The number of aliphatic carboxylic acids is 1. The average Bonchev–Trinajstić information content (AvgIpc) is 2.46. The number of hydrogen-bond donors (Lipinski definition) is 1. The van der Waals surface area contributed by atoms with Crippen molar-refractivity contribution in [3.05, 3.63) is 0 Å². The molecule has 0 spiro atoms. The molecule has 0 aromatic rings. The van der Waals surface area contributed by atoms with Crippen LogP contribution in [0.25, 0.3) is 0 Å². The number of carbonyl (C=O) groups excluding carboxylic acids is 1. The van der Waals surface area contributed by atoms with Crippen molar-refractivity contribution in [3.8, 4) is 0 Å². The first kappa shape index (κ1) is 14.0. The number of carboxylic acids is 1. The first-order valence-electron chi connectivity index (χ1n) is 5.25. The number of hydrogen-bond acceptors (Lipinski definition) is 4. The van der Waals surface area contributed by atoms with Gasteiger partial charge in [0.05, 0.1) is 5.71 Å². The van der Waals surface area contributed by atoms with Crippen LogP contribution in [0.1, 0.15) is 40.0 Å². The average molecular weight is 233 g/mol. The Kier molecular flexibility index (Phi) is 3.25. The molecule has 0 heterocycles. The fourth-order valence-electron chi connectivity index (χ4n) is 3.49. The molecule has 2 fully saturated rings. The monoisotopic (exact) mass is 233 g/mol. The zero-order valence-corrected chi connectivity index (χ0v) is 12.3.